The number of ether oxygens (including phenoxy) is 11. The third kappa shape index (κ3) is 43.8. The number of hydrogen-bond donors (Lipinski definition) is 2. The molecule has 0 saturated heterocycles. The Morgan fingerprint density at radius 2 is 0.375 bits per heavy atom. The Labute approximate surface area is 237 Å². The van der Waals surface area contributed by atoms with Crippen LogP contribution in [0.1, 0.15) is 0 Å². The lowest BCUT2D eigenvalue weighted by Gasteiger charge is -2.09. The minimum atomic E-state index is 0.0253. The van der Waals surface area contributed by atoms with Gasteiger partial charge in [0.05, 0.1) is 159 Å². The standard InChI is InChI=1S/C24H50O13.N3/c25-1-3-27-5-7-29-9-11-31-13-15-33-17-19-35-21-23-37-24-22-36-20-18-34-16-14-32-12-10-30-8-6-28-4-2-26;1-3-2/h25-26H,1-24H2;/q;-1. The van der Waals surface area contributed by atoms with Crippen molar-refractivity contribution >= 4 is 0 Å². The van der Waals surface area contributed by atoms with E-state index < -0.39 is 0 Å². The van der Waals surface area contributed by atoms with Gasteiger partial charge in [0.25, 0.3) is 0 Å². The van der Waals surface area contributed by atoms with Crippen molar-refractivity contribution in [2.45, 2.75) is 0 Å². The molecule has 16 heteroatoms. The van der Waals surface area contributed by atoms with Gasteiger partial charge >= 0.3 is 0 Å². The minimum Gasteiger partial charge on any atom is -0.394 e. The van der Waals surface area contributed by atoms with Gasteiger partial charge in [-0.15, -0.1) is 0 Å². The van der Waals surface area contributed by atoms with Crippen LogP contribution in [0.3, 0.4) is 0 Å². The molecule has 40 heavy (non-hydrogen) atoms. The average molecular weight is 589 g/mol. The topological polar surface area (TPSA) is 201 Å². The zero-order chi connectivity index (χ0) is 29.5. The van der Waals surface area contributed by atoms with Crippen molar-refractivity contribution in [3.63, 3.8) is 0 Å². The number of hydrogen-bond acceptors (Lipinski definition) is 13. The molecule has 0 spiro atoms. The van der Waals surface area contributed by atoms with Crippen molar-refractivity contribution in [1.82, 2.24) is 0 Å². The Bertz CT molecular complexity index is 445. The summed E-state index contributed by atoms with van der Waals surface area (Å²) in [7, 11) is 0. The summed E-state index contributed by atoms with van der Waals surface area (Å²) >= 11 is 0. The highest BCUT2D eigenvalue weighted by Crippen LogP contribution is 1.87. The molecule has 0 heterocycles. The molecular formula is C24H50N3O13-. The van der Waals surface area contributed by atoms with E-state index in [4.69, 9.17) is 73.4 Å². The Morgan fingerprint density at radius 1 is 0.275 bits per heavy atom. The number of aliphatic hydroxyl groups excluding tert-OH is 2. The normalized spacial score (nSPS) is 10.8. The van der Waals surface area contributed by atoms with Gasteiger partial charge in [-0.05, 0) is 0 Å². The lowest BCUT2D eigenvalue weighted by Crippen LogP contribution is -2.15. The first kappa shape index (κ1) is 40.9. The number of aliphatic hydroxyl groups is 2. The van der Waals surface area contributed by atoms with E-state index in [1.165, 1.54) is 4.91 Å². The van der Waals surface area contributed by atoms with E-state index >= 15 is 0 Å². The molecule has 16 nitrogen and oxygen atoms in total. The number of nitrogens with zero attached hydrogens (tertiary/aromatic N) is 3. The fourth-order valence-corrected chi connectivity index (χ4v) is 2.43. The predicted molar refractivity (Wildman–Crippen MR) is 143 cm³/mol. The second-order valence-corrected chi connectivity index (χ2v) is 7.27. The van der Waals surface area contributed by atoms with Crippen LogP contribution in [0.25, 0.3) is 16.0 Å². The van der Waals surface area contributed by atoms with Crippen molar-refractivity contribution in [3.8, 4) is 0 Å². The van der Waals surface area contributed by atoms with Crippen LogP contribution in [0.5, 0.6) is 0 Å². The van der Waals surface area contributed by atoms with E-state index in [0.717, 1.165) is 0 Å². The smallest absolute Gasteiger partial charge is 0.0701 e. The summed E-state index contributed by atoms with van der Waals surface area (Å²) < 4.78 is 58.7. The number of rotatable bonds is 34. The third-order valence-corrected chi connectivity index (χ3v) is 4.19. The van der Waals surface area contributed by atoms with Crippen LogP contribution in [0.2, 0.25) is 0 Å². The molecule has 0 aromatic carbocycles. The summed E-state index contributed by atoms with van der Waals surface area (Å²) in [5.74, 6) is 0. The summed E-state index contributed by atoms with van der Waals surface area (Å²) in [6.07, 6.45) is 0. The first-order valence-electron chi connectivity index (χ1n) is 13.4. The summed E-state index contributed by atoms with van der Waals surface area (Å²) in [5, 5.41) is 17.1. The van der Waals surface area contributed by atoms with Gasteiger partial charge < -0.3 is 73.4 Å². The lowest BCUT2D eigenvalue weighted by atomic mass is 10.6. The summed E-state index contributed by atoms with van der Waals surface area (Å²) in [4.78, 5) is 1.50. The average Bonchev–Trinajstić information content (AvgIpc) is 2.96. The van der Waals surface area contributed by atoms with Crippen molar-refractivity contribution in [1.29, 1.82) is 0 Å². The Kier molecular flexibility index (Phi) is 43.2. The molecule has 0 radical (unpaired) electrons. The highest BCUT2D eigenvalue weighted by atomic mass is 16.6. The van der Waals surface area contributed by atoms with E-state index in [0.29, 0.717) is 145 Å². The van der Waals surface area contributed by atoms with Crippen LogP contribution in [0, 0.1) is 0 Å². The monoisotopic (exact) mass is 588 g/mol. The molecule has 0 fully saturated rings. The van der Waals surface area contributed by atoms with Gasteiger partial charge in [0.15, 0.2) is 0 Å². The third-order valence-electron chi connectivity index (χ3n) is 4.19. The first-order chi connectivity index (χ1) is 19.8. The molecular weight excluding hydrogens is 538 g/mol. The fraction of sp³-hybridized carbons (Fsp3) is 1.00. The molecule has 240 valence electrons. The molecule has 0 atom stereocenters. The van der Waals surface area contributed by atoms with Gasteiger partial charge in [-0.2, -0.15) is 0 Å². The SMILES string of the molecule is OCCOCCOCCOCCOCCOCCOCCOCCOCCOCCOCCOCCO.[N-]=[N+]=[N-]. The summed E-state index contributed by atoms with van der Waals surface area (Å²) in [6.45, 7) is 10.7. The molecule has 0 amide bonds. The minimum absolute atomic E-state index is 0.0253. The second-order valence-electron chi connectivity index (χ2n) is 7.27. The molecule has 0 aromatic heterocycles. The van der Waals surface area contributed by atoms with Gasteiger partial charge in [-0.3, -0.25) is 4.91 Å². The molecule has 0 rings (SSSR count). The summed E-state index contributed by atoms with van der Waals surface area (Å²) in [5.41, 5.74) is 13.5. The van der Waals surface area contributed by atoms with Gasteiger partial charge in [-0.25, -0.2) is 0 Å². The Hall–Kier alpha value is -1.21. The lowest BCUT2D eigenvalue weighted by molar-refractivity contribution is -0.0281. The molecule has 0 aromatic rings. The van der Waals surface area contributed by atoms with E-state index in [1.807, 2.05) is 0 Å². The van der Waals surface area contributed by atoms with E-state index in [9.17, 15) is 0 Å². The highest BCUT2D eigenvalue weighted by molar-refractivity contribution is 4.39. The fourth-order valence-electron chi connectivity index (χ4n) is 2.43. The second kappa shape index (κ2) is 42.3. The van der Waals surface area contributed by atoms with Crippen molar-refractivity contribution in [2.24, 2.45) is 0 Å². The maximum Gasteiger partial charge on any atom is 0.0701 e. The van der Waals surface area contributed by atoms with E-state index in [-0.39, 0.29) is 13.2 Å². The molecule has 0 aliphatic rings. The van der Waals surface area contributed by atoms with Gasteiger partial charge in [0.1, 0.15) is 0 Å². The van der Waals surface area contributed by atoms with Gasteiger partial charge in [-0.1, -0.05) is 0 Å². The first-order valence-corrected chi connectivity index (χ1v) is 13.4. The molecule has 0 bridgehead atoms. The van der Waals surface area contributed by atoms with Crippen LogP contribution in [-0.2, 0) is 52.1 Å². The maximum absolute atomic E-state index is 8.55. The van der Waals surface area contributed by atoms with Gasteiger partial charge in [0.2, 0.25) is 0 Å². The van der Waals surface area contributed by atoms with Crippen LogP contribution in [-0.4, -0.2) is 169 Å². The van der Waals surface area contributed by atoms with E-state index in [1.54, 1.807) is 0 Å². The largest absolute Gasteiger partial charge is 0.394 e. The van der Waals surface area contributed by atoms with Crippen LogP contribution >= 0.6 is 0 Å². The maximum atomic E-state index is 8.55. The van der Waals surface area contributed by atoms with Crippen LogP contribution in [0.4, 0.5) is 0 Å². The molecule has 0 unspecified atom stereocenters. The van der Waals surface area contributed by atoms with Crippen molar-refractivity contribution in [3.05, 3.63) is 16.0 Å². The Balaban J connectivity index is 0. The quantitative estimate of drug-likeness (QED) is 0.0441. The molecule has 0 saturated carbocycles. The molecule has 2 N–H and O–H groups in total. The van der Waals surface area contributed by atoms with Crippen LogP contribution < -0.4 is 0 Å². The zero-order valence-corrected chi connectivity index (χ0v) is 23.7. The Morgan fingerprint density at radius 3 is 0.475 bits per heavy atom. The van der Waals surface area contributed by atoms with E-state index in [2.05, 4.69) is 0 Å². The molecule has 0 aliphatic heterocycles. The van der Waals surface area contributed by atoms with Crippen molar-refractivity contribution in [2.75, 3.05) is 159 Å². The van der Waals surface area contributed by atoms with Gasteiger partial charge in [0, 0.05) is 0 Å². The van der Waals surface area contributed by atoms with Crippen molar-refractivity contribution < 1.29 is 62.3 Å². The van der Waals surface area contributed by atoms with Crippen LogP contribution in [0.15, 0.2) is 0 Å². The predicted octanol–water partition coefficient (Wildman–Crippen LogP) is 0.0197. The highest BCUT2D eigenvalue weighted by Gasteiger charge is 1.96. The zero-order valence-electron chi connectivity index (χ0n) is 23.7. The molecule has 0 aliphatic carbocycles. The summed E-state index contributed by atoms with van der Waals surface area (Å²) in [6, 6.07) is 0.